The Morgan fingerprint density at radius 3 is 2.67 bits per heavy atom. The van der Waals surface area contributed by atoms with Crippen molar-refractivity contribution < 1.29 is 9.18 Å². The van der Waals surface area contributed by atoms with Gasteiger partial charge in [-0.15, -0.1) is 0 Å². The Balaban J connectivity index is 2.50. The van der Waals surface area contributed by atoms with Gasteiger partial charge < -0.3 is 11.1 Å². The first-order valence-corrected chi connectivity index (χ1v) is 6.06. The molecule has 0 bridgehead atoms. The Labute approximate surface area is 108 Å². The van der Waals surface area contributed by atoms with E-state index in [-0.39, 0.29) is 17.1 Å². The highest BCUT2D eigenvalue weighted by atomic mass is 19.1. The molecule has 3 nitrogen and oxygen atoms in total. The number of hydrogen-bond acceptors (Lipinski definition) is 2. The van der Waals surface area contributed by atoms with Gasteiger partial charge >= 0.3 is 0 Å². The van der Waals surface area contributed by atoms with Gasteiger partial charge in [-0.1, -0.05) is 26.0 Å². The van der Waals surface area contributed by atoms with Crippen molar-refractivity contribution in [2.24, 2.45) is 11.1 Å². The summed E-state index contributed by atoms with van der Waals surface area (Å²) in [6.45, 7) is 6.50. The molecule has 1 aromatic carbocycles. The monoisotopic (exact) mass is 252 g/mol. The molecule has 0 fully saturated rings. The van der Waals surface area contributed by atoms with Crippen molar-refractivity contribution in [1.29, 1.82) is 0 Å². The number of rotatable bonds is 5. The van der Waals surface area contributed by atoms with Gasteiger partial charge in [-0.3, -0.25) is 4.79 Å². The maximum Gasteiger partial charge on any atom is 0.220 e. The Morgan fingerprint density at radius 1 is 1.44 bits per heavy atom. The molecule has 18 heavy (non-hydrogen) atoms. The van der Waals surface area contributed by atoms with Crippen LogP contribution in [0.3, 0.4) is 0 Å². The largest absolute Gasteiger partial charge is 0.352 e. The molecule has 100 valence electrons. The highest BCUT2D eigenvalue weighted by molar-refractivity contribution is 5.76. The molecule has 0 radical (unpaired) electrons. The summed E-state index contributed by atoms with van der Waals surface area (Å²) in [5, 5.41) is 2.82. The van der Waals surface area contributed by atoms with E-state index in [1.807, 2.05) is 13.8 Å². The van der Waals surface area contributed by atoms with E-state index in [9.17, 15) is 9.18 Å². The average Bonchev–Trinajstić information content (AvgIpc) is 2.30. The summed E-state index contributed by atoms with van der Waals surface area (Å²) >= 11 is 0. The van der Waals surface area contributed by atoms with Crippen LogP contribution in [-0.2, 0) is 11.3 Å². The third kappa shape index (κ3) is 4.45. The maximum absolute atomic E-state index is 13.1. The summed E-state index contributed by atoms with van der Waals surface area (Å²) in [6.07, 6.45) is 0.393. The standard InChI is InChI=1S/C14H21FN2O/c1-10-6-11(4-5-12(10)15)8-17-13(18)7-14(2,3)9-16/h4-6H,7-9,16H2,1-3H3,(H,17,18). The number of carbonyl (C=O) groups excluding carboxylic acids is 1. The minimum Gasteiger partial charge on any atom is -0.352 e. The molecule has 1 aromatic rings. The molecule has 0 aliphatic carbocycles. The number of hydrogen-bond donors (Lipinski definition) is 2. The summed E-state index contributed by atoms with van der Waals surface area (Å²) in [5.41, 5.74) is 6.87. The van der Waals surface area contributed by atoms with Crippen LogP contribution >= 0.6 is 0 Å². The number of amides is 1. The van der Waals surface area contributed by atoms with Crippen LogP contribution in [0.2, 0.25) is 0 Å². The Bertz CT molecular complexity index is 430. The molecule has 0 aliphatic rings. The van der Waals surface area contributed by atoms with Gasteiger partial charge in [0.2, 0.25) is 5.91 Å². The van der Waals surface area contributed by atoms with Crippen LogP contribution in [0.1, 0.15) is 31.4 Å². The fraction of sp³-hybridized carbons (Fsp3) is 0.500. The summed E-state index contributed by atoms with van der Waals surface area (Å²) in [6, 6.07) is 4.83. The van der Waals surface area contributed by atoms with Crippen molar-refractivity contribution in [3.05, 3.63) is 35.1 Å². The van der Waals surface area contributed by atoms with Gasteiger partial charge in [0.25, 0.3) is 0 Å². The lowest BCUT2D eigenvalue weighted by Gasteiger charge is -2.21. The van der Waals surface area contributed by atoms with E-state index < -0.39 is 0 Å². The Hall–Kier alpha value is -1.42. The smallest absolute Gasteiger partial charge is 0.220 e. The lowest BCUT2D eigenvalue weighted by molar-refractivity contribution is -0.123. The number of aryl methyl sites for hydroxylation is 1. The highest BCUT2D eigenvalue weighted by Gasteiger charge is 2.19. The number of benzene rings is 1. The molecule has 0 atom stereocenters. The van der Waals surface area contributed by atoms with E-state index in [2.05, 4.69) is 5.32 Å². The SMILES string of the molecule is Cc1cc(CNC(=O)CC(C)(C)CN)ccc1F. The van der Waals surface area contributed by atoms with Gasteiger partial charge in [-0.25, -0.2) is 4.39 Å². The summed E-state index contributed by atoms with van der Waals surface area (Å²) < 4.78 is 13.1. The third-order valence-corrected chi connectivity index (χ3v) is 2.90. The lowest BCUT2D eigenvalue weighted by Crippen LogP contribution is -2.32. The first kappa shape index (κ1) is 14.6. The van der Waals surface area contributed by atoms with E-state index in [0.29, 0.717) is 25.1 Å². The molecule has 0 aliphatic heterocycles. The van der Waals surface area contributed by atoms with Gasteiger partial charge in [-0.2, -0.15) is 0 Å². The first-order chi connectivity index (χ1) is 8.34. The molecule has 0 saturated carbocycles. The molecule has 4 heteroatoms. The zero-order valence-corrected chi connectivity index (χ0v) is 11.2. The second-order valence-electron chi connectivity index (χ2n) is 5.41. The first-order valence-electron chi connectivity index (χ1n) is 6.06. The molecule has 3 N–H and O–H groups in total. The molecular weight excluding hydrogens is 231 g/mol. The number of nitrogens with one attached hydrogen (secondary N) is 1. The Morgan fingerprint density at radius 2 is 2.11 bits per heavy atom. The van der Waals surface area contributed by atoms with Crippen molar-refractivity contribution in [3.63, 3.8) is 0 Å². The fourth-order valence-electron chi connectivity index (χ4n) is 1.59. The van der Waals surface area contributed by atoms with Crippen LogP contribution in [0.15, 0.2) is 18.2 Å². The van der Waals surface area contributed by atoms with Crippen LogP contribution in [0.25, 0.3) is 0 Å². The van der Waals surface area contributed by atoms with Crippen molar-refractivity contribution in [2.45, 2.75) is 33.7 Å². The van der Waals surface area contributed by atoms with Crippen LogP contribution < -0.4 is 11.1 Å². The van der Waals surface area contributed by atoms with Crippen LogP contribution in [0.4, 0.5) is 4.39 Å². The summed E-state index contributed by atoms with van der Waals surface area (Å²) in [4.78, 5) is 11.7. The molecule has 0 aromatic heterocycles. The highest BCUT2D eigenvalue weighted by Crippen LogP contribution is 2.17. The van der Waals surface area contributed by atoms with E-state index >= 15 is 0 Å². The second-order valence-corrected chi connectivity index (χ2v) is 5.41. The normalized spacial score (nSPS) is 11.4. The zero-order valence-electron chi connectivity index (χ0n) is 11.2. The van der Waals surface area contributed by atoms with Crippen LogP contribution in [-0.4, -0.2) is 12.5 Å². The third-order valence-electron chi connectivity index (χ3n) is 2.90. The molecule has 0 saturated heterocycles. The minimum absolute atomic E-state index is 0.0348. The average molecular weight is 252 g/mol. The van der Waals surface area contributed by atoms with Gasteiger partial charge in [0.05, 0.1) is 0 Å². The number of halogens is 1. The van der Waals surface area contributed by atoms with E-state index in [4.69, 9.17) is 5.73 Å². The summed E-state index contributed by atoms with van der Waals surface area (Å²) in [7, 11) is 0. The van der Waals surface area contributed by atoms with Crippen molar-refractivity contribution in [1.82, 2.24) is 5.32 Å². The minimum atomic E-state index is -0.227. The Kier molecular flexibility index (Phi) is 4.84. The van der Waals surface area contributed by atoms with Gasteiger partial charge in [-0.05, 0) is 36.1 Å². The van der Waals surface area contributed by atoms with E-state index in [1.54, 1.807) is 19.1 Å². The zero-order chi connectivity index (χ0) is 13.8. The summed E-state index contributed by atoms with van der Waals surface area (Å²) in [5.74, 6) is -0.262. The van der Waals surface area contributed by atoms with Gasteiger partial charge in [0, 0.05) is 13.0 Å². The second kappa shape index (κ2) is 5.96. The fourth-order valence-corrected chi connectivity index (χ4v) is 1.59. The predicted octanol–water partition coefficient (Wildman–Crippen LogP) is 2.13. The molecule has 0 unspecified atom stereocenters. The van der Waals surface area contributed by atoms with E-state index in [0.717, 1.165) is 5.56 Å². The van der Waals surface area contributed by atoms with E-state index in [1.165, 1.54) is 6.07 Å². The number of nitrogens with two attached hydrogens (primary N) is 1. The predicted molar refractivity (Wildman–Crippen MR) is 70.4 cm³/mol. The molecule has 0 spiro atoms. The molecular formula is C14H21FN2O. The van der Waals surface area contributed by atoms with Crippen molar-refractivity contribution in [3.8, 4) is 0 Å². The molecule has 1 amide bonds. The van der Waals surface area contributed by atoms with Gasteiger partial charge in [0.1, 0.15) is 5.82 Å². The van der Waals surface area contributed by atoms with Crippen molar-refractivity contribution in [2.75, 3.05) is 6.54 Å². The quantitative estimate of drug-likeness (QED) is 0.843. The molecule has 0 heterocycles. The number of carbonyl (C=O) groups is 1. The topological polar surface area (TPSA) is 55.1 Å². The van der Waals surface area contributed by atoms with Crippen molar-refractivity contribution >= 4 is 5.91 Å². The molecule has 1 rings (SSSR count). The van der Waals surface area contributed by atoms with Gasteiger partial charge in [0.15, 0.2) is 0 Å². The van der Waals surface area contributed by atoms with Crippen LogP contribution in [0, 0.1) is 18.2 Å². The lowest BCUT2D eigenvalue weighted by atomic mass is 9.89. The maximum atomic E-state index is 13.1. The van der Waals surface area contributed by atoms with Crippen LogP contribution in [0.5, 0.6) is 0 Å².